The Hall–Kier alpha value is -1.06. The van der Waals surface area contributed by atoms with Crippen molar-refractivity contribution in [1.29, 1.82) is 0 Å². The van der Waals surface area contributed by atoms with Crippen LogP contribution in [0.25, 0.3) is 11.0 Å². The van der Waals surface area contributed by atoms with Crippen molar-refractivity contribution < 1.29 is 0 Å². The van der Waals surface area contributed by atoms with Crippen LogP contribution >= 0.6 is 11.6 Å². The smallest absolute Gasteiger partial charge is 0.113 e. The first-order valence-corrected chi connectivity index (χ1v) is 6.80. The van der Waals surface area contributed by atoms with Crippen LogP contribution in [0.15, 0.2) is 18.2 Å². The lowest BCUT2D eigenvalue weighted by molar-refractivity contribution is 0.538. The number of rotatable bonds is 4. The van der Waals surface area contributed by atoms with Gasteiger partial charge in [-0.2, -0.15) is 0 Å². The second-order valence-corrected chi connectivity index (χ2v) is 5.43. The number of nitrogens with two attached hydrogens (primary N) is 1. The van der Waals surface area contributed by atoms with Crippen LogP contribution in [0.3, 0.4) is 0 Å². The molecule has 2 N–H and O–H groups in total. The highest BCUT2D eigenvalue weighted by atomic mass is 35.5. The summed E-state index contributed by atoms with van der Waals surface area (Å²) < 4.78 is 2.23. The molecule has 0 aliphatic heterocycles. The van der Waals surface area contributed by atoms with E-state index in [9.17, 15) is 0 Å². The van der Waals surface area contributed by atoms with Gasteiger partial charge in [0.25, 0.3) is 0 Å². The van der Waals surface area contributed by atoms with Gasteiger partial charge in [0.15, 0.2) is 0 Å². The Morgan fingerprint density at radius 2 is 2.06 bits per heavy atom. The van der Waals surface area contributed by atoms with Gasteiger partial charge in [0.1, 0.15) is 5.82 Å². The molecule has 2 aromatic rings. The largest absolute Gasteiger partial charge is 0.330 e. The Morgan fingerprint density at radius 3 is 2.67 bits per heavy atom. The summed E-state index contributed by atoms with van der Waals surface area (Å²) in [5.41, 5.74) is 7.66. The SMILES string of the molecule is CC(CCN)c1nc2cccc(Cl)c2n1C(C)C. The molecule has 0 bridgehead atoms. The molecule has 0 aliphatic rings. The molecule has 98 valence electrons. The number of halogens is 1. The number of nitrogens with zero attached hydrogens (tertiary/aromatic N) is 2. The van der Waals surface area contributed by atoms with Gasteiger partial charge in [0.05, 0.1) is 16.1 Å². The van der Waals surface area contributed by atoms with Gasteiger partial charge in [-0.05, 0) is 38.9 Å². The highest BCUT2D eigenvalue weighted by Gasteiger charge is 2.19. The lowest BCUT2D eigenvalue weighted by atomic mass is 10.1. The Labute approximate surface area is 113 Å². The lowest BCUT2D eigenvalue weighted by Gasteiger charge is -2.17. The molecule has 1 aromatic carbocycles. The van der Waals surface area contributed by atoms with E-state index >= 15 is 0 Å². The van der Waals surface area contributed by atoms with E-state index in [1.807, 2.05) is 18.2 Å². The van der Waals surface area contributed by atoms with Crippen LogP contribution in [0.2, 0.25) is 5.02 Å². The number of fused-ring (bicyclic) bond motifs is 1. The Kier molecular flexibility index (Phi) is 3.93. The highest BCUT2D eigenvalue weighted by molar-refractivity contribution is 6.35. The predicted molar refractivity (Wildman–Crippen MR) is 77.2 cm³/mol. The van der Waals surface area contributed by atoms with Gasteiger partial charge in [-0.25, -0.2) is 4.98 Å². The van der Waals surface area contributed by atoms with Gasteiger partial charge in [0, 0.05) is 12.0 Å². The Bertz CT molecular complexity index is 545. The second-order valence-electron chi connectivity index (χ2n) is 5.02. The van der Waals surface area contributed by atoms with Crippen LogP contribution in [0, 0.1) is 0 Å². The van der Waals surface area contributed by atoms with Gasteiger partial charge in [-0.1, -0.05) is 24.6 Å². The van der Waals surface area contributed by atoms with E-state index in [0.29, 0.717) is 18.5 Å². The standard InChI is InChI=1S/C14H20ClN3/c1-9(2)18-13-11(15)5-4-6-12(13)17-14(18)10(3)7-8-16/h4-6,9-10H,7-8,16H2,1-3H3. The molecular formula is C14H20ClN3. The zero-order valence-corrected chi connectivity index (χ0v) is 11.9. The molecule has 0 fully saturated rings. The molecule has 1 atom stereocenters. The quantitative estimate of drug-likeness (QED) is 0.916. The van der Waals surface area contributed by atoms with Gasteiger partial charge >= 0.3 is 0 Å². The van der Waals surface area contributed by atoms with Crippen molar-refractivity contribution in [3.05, 3.63) is 29.0 Å². The summed E-state index contributed by atoms with van der Waals surface area (Å²) in [6.45, 7) is 7.16. The van der Waals surface area contributed by atoms with E-state index in [-0.39, 0.29) is 0 Å². The summed E-state index contributed by atoms with van der Waals surface area (Å²) in [6.07, 6.45) is 0.938. The van der Waals surface area contributed by atoms with E-state index in [2.05, 4.69) is 25.3 Å². The lowest BCUT2D eigenvalue weighted by Crippen LogP contribution is -2.12. The Balaban J connectivity index is 2.66. The average Bonchev–Trinajstić information content (AvgIpc) is 2.70. The maximum absolute atomic E-state index is 6.32. The third-order valence-electron chi connectivity index (χ3n) is 3.25. The van der Waals surface area contributed by atoms with Crippen LogP contribution in [0.5, 0.6) is 0 Å². The molecule has 2 rings (SSSR count). The van der Waals surface area contributed by atoms with E-state index in [1.165, 1.54) is 0 Å². The van der Waals surface area contributed by atoms with Crippen molar-refractivity contribution in [2.45, 2.75) is 39.2 Å². The van der Waals surface area contributed by atoms with Crippen molar-refractivity contribution in [3.63, 3.8) is 0 Å². The molecule has 0 amide bonds. The molecule has 0 saturated carbocycles. The number of benzene rings is 1. The van der Waals surface area contributed by atoms with Crippen molar-refractivity contribution in [2.75, 3.05) is 6.54 Å². The number of imidazole rings is 1. The van der Waals surface area contributed by atoms with E-state index in [4.69, 9.17) is 22.3 Å². The van der Waals surface area contributed by atoms with Crippen molar-refractivity contribution in [2.24, 2.45) is 5.73 Å². The summed E-state index contributed by atoms with van der Waals surface area (Å²) in [4.78, 5) is 4.74. The fourth-order valence-electron chi connectivity index (χ4n) is 2.37. The van der Waals surface area contributed by atoms with Crippen LogP contribution in [-0.2, 0) is 0 Å². The minimum atomic E-state index is 0.338. The zero-order chi connectivity index (χ0) is 13.3. The molecular weight excluding hydrogens is 246 g/mol. The Morgan fingerprint density at radius 1 is 1.33 bits per heavy atom. The summed E-state index contributed by atoms with van der Waals surface area (Å²) in [5, 5.41) is 0.764. The predicted octanol–water partition coefficient (Wildman–Crippen LogP) is 3.72. The first-order chi connectivity index (χ1) is 8.56. The molecule has 4 heteroatoms. The molecule has 1 heterocycles. The summed E-state index contributed by atoms with van der Waals surface area (Å²) >= 11 is 6.32. The summed E-state index contributed by atoms with van der Waals surface area (Å²) in [6, 6.07) is 6.21. The minimum Gasteiger partial charge on any atom is -0.330 e. The van der Waals surface area contributed by atoms with E-state index < -0.39 is 0 Å². The van der Waals surface area contributed by atoms with Crippen molar-refractivity contribution in [1.82, 2.24) is 9.55 Å². The van der Waals surface area contributed by atoms with Crippen LogP contribution in [0.1, 0.15) is 45.0 Å². The van der Waals surface area contributed by atoms with Gasteiger partial charge in [-0.3, -0.25) is 0 Å². The minimum absolute atomic E-state index is 0.338. The fourth-order valence-corrected chi connectivity index (χ4v) is 2.63. The first kappa shape index (κ1) is 13.4. The normalized spacial score (nSPS) is 13.4. The molecule has 0 radical (unpaired) electrons. The number of aromatic nitrogens is 2. The molecule has 0 saturated heterocycles. The van der Waals surface area contributed by atoms with Crippen LogP contribution in [-0.4, -0.2) is 16.1 Å². The van der Waals surface area contributed by atoms with Gasteiger partial charge in [0.2, 0.25) is 0 Å². The van der Waals surface area contributed by atoms with Gasteiger partial charge < -0.3 is 10.3 Å². The molecule has 0 spiro atoms. The fraction of sp³-hybridized carbons (Fsp3) is 0.500. The summed E-state index contributed by atoms with van der Waals surface area (Å²) in [5.74, 6) is 1.43. The maximum Gasteiger partial charge on any atom is 0.113 e. The van der Waals surface area contributed by atoms with Crippen molar-refractivity contribution >= 4 is 22.6 Å². The molecule has 18 heavy (non-hydrogen) atoms. The monoisotopic (exact) mass is 265 g/mol. The first-order valence-electron chi connectivity index (χ1n) is 6.42. The zero-order valence-electron chi connectivity index (χ0n) is 11.2. The van der Waals surface area contributed by atoms with E-state index in [1.54, 1.807) is 0 Å². The highest BCUT2D eigenvalue weighted by Crippen LogP contribution is 2.31. The number of para-hydroxylation sites is 1. The maximum atomic E-state index is 6.32. The molecule has 1 unspecified atom stereocenters. The molecule has 0 aliphatic carbocycles. The molecule has 3 nitrogen and oxygen atoms in total. The van der Waals surface area contributed by atoms with Gasteiger partial charge in [-0.15, -0.1) is 0 Å². The third kappa shape index (κ3) is 2.25. The third-order valence-corrected chi connectivity index (χ3v) is 3.55. The number of hydrogen-bond acceptors (Lipinski definition) is 2. The van der Waals surface area contributed by atoms with E-state index in [0.717, 1.165) is 28.3 Å². The van der Waals surface area contributed by atoms with Crippen molar-refractivity contribution in [3.8, 4) is 0 Å². The topological polar surface area (TPSA) is 43.8 Å². The summed E-state index contributed by atoms with van der Waals surface area (Å²) in [7, 11) is 0. The van der Waals surface area contributed by atoms with Crippen LogP contribution in [0.4, 0.5) is 0 Å². The average molecular weight is 266 g/mol. The second kappa shape index (κ2) is 5.29. The number of hydrogen-bond donors (Lipinski definition) is 1. The van der Waals surface area contributed by atoms with Crippen LogP contribution < -0.4 is 5.73 Å². The molecule has 1 aromatic heterocycles.